The largest absolute Gasteiger partial charge is 0.311 e. The van der Waals surface area contributed by atoms with Crippen molar-refractivity contribution in [2.45, 2.75) is 30.3 Å². The van der Waals surface area contributed by atoms with Crippen LogP contribution >= 0.6 is 11.8 Å². The van der Waals surface area contributed by atoms with Crippen LogP contribution in [-0.4, -0.2) is 33.0 Å². The van der Waals surface area contributed by atoms with Crippen LogP contribution in [0.4, 0.5) is 5.69 Å². The first-order valence-corrected chi connectivity index (χ1v) is 8.93. The lowest BCUT2D eigenvalue weighted by molar-refractivity contribution is -0.116. The van der Waals surface area contributed by atoms with Crippen molar-refractivity contribution in [3.8, 4) is 6.07 Å². The highest BCUT2D eigenvalue weighted by molar-refractivity contribution is 7.99. The van der Waals surface area contributed by atoms with Gasteiger partial charge in [0.1, 0.15) is 5.82 Å². The van der Waals surface area contributed by atoms with Gasteiger partial charge in [0.2, 0.25) is 5.91 Å². The SMILES string of the molecule is Cn1c(SCC(=O)N(CCC#N)c2ccccc2)nnc1C1CC1. The van der Waals surface area contributed by atoms with Gasteiger partial charge in [0.05, 0.1) is 18.2 Å². The van der Waals surface area contributed by atoms with Gasteiger partial charge in [-0.3, -0.25) is 4.79 Å². The number of carbonyl (C=O) groups is 1. The van der Waals surface area contributed by atoms with Gasteiger partial charge >= 0.3 is 0 Å². The molecule has 0 unspecified atom stereocenters. The average Bonchev–Trinajstić information content (AvgIpc) is 3.38. The molecule has 0 spiro atoms. The number of hydrogen-bond donors (Lipinski definition) is 0. The quantitative estimate of drug-likeness (QED) is 0.724. The Morgan fingerprint density at radius 2 is 2.12 bits per heavy atom. The van der Waals surface area contributed by atoms with Crippen LogP contribution in [0.5, 0.6) is 0 Å². The number of benzene rings is 1. The second-order valence-electron chi connectivity index (χ2n) is 5.75. The maximum Gasteiger partial charge on any atom is 0.237 e. The number of thioether (sulfide) groups is 1. The van der Waals surface area contributed by atoms with E-state index in [4.69, 9.17) is 5.26 Å². The van der Waals surface area contributed by atoms with Crippen LogP contribution in [0.25, 0.3) is 0 Å². The van der Waals surface area contributed by atoms with Crippen molar-refractivity contribution in [2.24, 2.45) is 7.05 Å². The van der Waals surface area contributed by atoms with Crippen LogP contribution in [0.1, 0.15) is 31.0 Å². The molecule has 0 aliphatic heterocycles. The minimum atomic E-state index is -0.0302. The molecule has 3 rings (SSSR count). The fraction of sp³-hybridized carbons (Fsp3) is 0.412. The third kappa shape index (κ3) is 3.77. The Bertz CT molecular complexity index is 748. The van der Waals surface area contributed by atoms with E-state index in [1.807, 2.05) is 41.9 Å². The summed E-state index contributed by atoms with van der Waals surface area (Å²) >= 11 is 1.39. The molecule has 0 N–H and O–H groups in total. The van der Waals surface area contributed by atoms with E-state index in [1.165, 1.54) is 24.6 Å². The zero-order valence-electron chi connectivity index (χ0n) is 13.6. The van der Waals surface area contributed by atoms with E-state index in [9.17, 15) is 4.79 Å². The second kappa shape index (κ2) is 7.49. The van der Waals surface area contributed by atoms with Crippen molar-refractivity contribution >= 4 is 23.4 Å². The molecule has 0 bridgehead atoms. The molecule has 0 atom stereocenters. The van der Waals surface area contributed by atoms with Gasteiger partial charge in [-0.05, 0) is 25.0 Å². The van der Waals surface area contributed by atoms with Gasteiger partial charge in [0.15, 0.2) is 5.16 Å². The Balaban J connectivity index is 1.66. The number of para-hydroxylation sites is 1. The fourth-order valence-electron chi connectivity index (χ4n) is 2.52. The normalized spacial score (nSPS) is 13.5. The predicted molar refractivity (Wildman–Crippen MR) is 92.7 cm³/mol. The molecule has 1 saturated carbocycles. The van der Waals surface area contributed by atoms with Gasteiger partial charge in [-0.1, -0.05) is 30.0 Å². The maximum absolute atomic E-state index is 12.6. The highest BCUT2D eigenvalue weighted by atomic mass is 32.2. The summed E-state index contributed by atoms with van der Waals surface area (Å²) in [5.74, 6) is 1.78. The summed E-state index contributed by atoms with van der Waals surface area (Å²) in [6.45, 7) is 0.395. The number of nitrogens with zero attached hydrogens (tertiary/aromatic N) is 5. The molecule has 1 amide bonds. The van der Waals surface area contributed by atoms with E-state index < -0.39 is 0 Å². The van der Waals surface area contributed by atoms with Gasteiger partial charge in [-0.2, -0.15) is 5.26 Å². The van der Waals surface area contributed by atoms with Gasteiger partial charge in [0.25, 0.3) is 0 Å². The summed E-state index contributed by atoms with van der Waals surface area (Å²) < 4.78 is 1.98. The lowest BCUT2D eigenvalue weighted by Crippen LogP contribution is -2.33. The molecule has 1 aliphatic rings. The first-order valence-electron chi connectivity index (χ1n) is 7.95. The monoisotopic (exact) mass is 341 g/mol. The van der Waals surface area contributed by atoms with E-state index in [-0.39, 0.29) is 11.7 Å². The van der Waals surface area contributed by atoms with Crippen molar-refractivity contribution in [1.82, 2.24) is 14.8 Å². The molecule has 7 heteroatoms. The minimum Gasteiger partial charge on any atom is -0.311 e. The molecule has 1 aromatic carbocycles. The summed E-state index contributed by atoms with van der Waals surface area (Å²) in [4.78, 5) is 14.3. The van der Waals surface area contributed by atoms with Crippen LogP contribution < -0.4 is 4.90 Å². The van der Waals surface area contributed by atoms with Gasteiger partial charge in [0, 0.05) is 25.2 Å². The molecule has 124 valence electrons. The van der Waals surface area contributed by atoms with Crippen LogP contribution in [-0.2, 0) is 11.8 Å². The summed E-state index contributed by atoms with van der Waals surface area (Å²) in [5, 5.41) is 18.0. The van der Waals surface area contributed by atoms with Crippen LogP contribution in [0, 0.1) is 11.3 Å². The summed E-state index contributed by atoms with van der Waals surface area (Å²) in [5.41, 5.74) is 0.815. The highest BCUT2D eigenvalue weighted by Crippen LogP contribution is 2.39. The van der Waals surface area contributed by atoms with Gasteiger partial charge < -0.3 is 9.47 Å². The van der Waals surface area contributed by atoms with E-state index >= 15 is 0 Å². The second-order valence-corrected chi connectivity index (χ2v) is 6.69. The van der Waals surface area contributed by atoms with Crippen molar-refractivity contribution in [3.05, 3.63) is 36.2 Å². The summed E-state index contributed by atoms with van der Waals surface area (Å²) in [6, 6.07) is 11.6. The Hall–Kier alpha value is -2.33. The van der Waals surface area contributed by atoms with Crippen LogP contribution in [0.15, 0.2) is 35.5 Å². The lowest BCUT2D eigenvalue weighted by Gasteiger charge is -2.21. The van der Waals surface area contributed by atoms with Gasteiger partial charge in [-0.15, -0.1) is 10.2 Å². The Morgan fingerprint density at radius 1 is 1.38 bits per heavy atom. The number of anilines is 1. The number of carbonyl (C=O) groups excluding carboxylic acids is 1. The Morgan fingerprint density at radius 3 is 2.79 bits per heavy atom. The summed E-state index contributed by atoms with van der Waals surface area (Å²) in [6.07, 6.45) is 2.65. The van der Waals surface area contributed by atoms with E-state index in [1.54, 1.807) is 4.90 Å². The summed E-state index contributed by atoms with van der Waals surface area (Å²) in [7, 11) is 1.95. The molecule has 6 nitrogen and oxygen atoms in total. The number of rotatable bonds is 7. The van der Waals surface area contributed by atoms with E-state index in [0.29, 0.717) is 18.9 Å². The third-order valence-electron chi connectivity index (χ3n) is 3.95. The first-order chi connectivity index (χ1) is 11.7. The van der Waals surface area contributed by atoms with Crippen molar-refractivity contribution in [1.29, 1.82) is 5.26 Å². The molecule has 1 fully saturated rings. The van der Waals surface area contributed by atoms with Crippen molar-refractivity contribution < 1.29 is 4.79 Å². The average molecular weight is 341 g/mol. The Labute approximate surface area is 145 Å². The number of aromatic nitrogens is 3. The fourth-order valence-corrected chi connectivity index (χ4v) is 3.31. The molecule has 24 heavy (non-hydrogen) atoms. The van der Waals surface area contributed by atoms with Gasteiger partial charge in [-0.25, -0.2) is 0 Å². The number of hydrogen-bond acceptors (Lipinski definition) is 5. The highest BCUT2D eigenvalue weighted by Gasteiger charge is 2.29. The molecular formula is C17H19N5OS. The maximum atomic E-state index is 12.6. The molecule has 2 aromatic rings. The van der Waals surface area contributed by atoms with E-state index in [0.717, 1.165) is 16.7 Å². The zero-order valence-corrected chi connectivity index (χ0v) is 14.4. The van der Waals surface area contributed by atoms with Crippen molar-refractivity contribution in [2.75, 3.05) is 17.2 Å². The van der Waals surface area contributed by atoms with Crippen molar-refractivity contribution in [3.63, 3.8) is 0 Å². The zero-order chi connectivity index (χ0) is 16.9. The molecule has 1 heterocycles. The molecular weight excluding hydrogens is 322 g/mol. The topological polar surface area (TPSA) is 74.8 Å². The predicted octanol–water partition coefficient (Wildman–Crippen LogP) is 2.73. The van der Waals surface area contributed by atoms with E-state index in [2.05, 4.69) is 16.3 Å². The number of amides is 1. The Kier molecular flexibility index (Phi) is 5.16. The molecule has 0 saturated heterocycles. The number of nitriles is 1. The van der Waals surface area contributed by atoms with Crippen LogP contribution in [0.3, 0.4) is 0 Å². The molecule has 1 aromatic heterocycles. The minimum absolute atomic E-state index is 0.0302. The standard InChI is InChI=1S/C17H19N5OS/c1-21-16(13-8-9-13)19-20-17(21)24-12-15(23)22(11-5-10-18)14-6-3-2-4-7-14/h2-4,6-7,13H,5,8-9,11-12H2,1H3. The molecule has 0 radical (unpaired) electrons. The first kappa shape index (κ1) is 16.5. The molecule has 1 aliphatic carbocycles. The lowest BCUT2D eigenvalue weighted by atomic mass is 10.2. The smallest absolute Gasteiger partial charge is 0.237 e. The van der Waals surface area contributed by atoms with Crippen LogP contribution in [0.2, 0.25) is 0 Å². The third-order valence-corrected chi connectivity index (χ3v) is 4.96.